The molecule has 0 radical (unpaired) electrons. The molecule has 0 aliphatic carbocycles. The lowest BCUT2D eigenvalue weighted by molar-refractivity contribution is 0.262. The summed E-state index contributed by atoms with van der Waals surface area (Å²) in [5, 5.41) is 4.17. The first-order valence-corrected chi connectivity index (χ1v) is 6.69. The minimum atomic E-state index is 0.0114. The number of likely N-dealkylation sites (N-methyl/N-ethyl adjacent to an activating group) is 1. The van der Waals surface area contributed by atoms with Crippen LogP contribution in [0.5, 0.6) is 0 Å². The van der Waals surface area contributed by atoms with Crippen molar-refractivity contribution in [1.82, 2.24) is 14.7 Å². The molecule has 1 unspecified atom stereocenters. The van der Waals surface area contributed by atoms with Crippen LogP contribution in [0.2, 0.25) is 0 Å². The second-order valence-electron chi connectivity index (χ2n) is 4.87. The number of aromatic nitrogens is 2. The Balaban J connectivity index is 1.95. The van der Waals surface area contributed by atoms with Crippen LogP contribution >= 0.6 is 0 Å². The fraction of sp³-hybridized carbons (Fsp3) is 0.400. The van der Waals surface area contributed by atoms with Crippen molar-refractivity contribution in [2.24, 2.45) is 12.8 Å². The summed E-state index contributed by atoms with van der Waals surface area (Å²) in [4.78, 5) is 2.35. The van der Waals surface area contributed by atoms with Gasteiger partial charge in [-0.3, -0.25) is 9.58 Å². The van der Waals surface area contributed by atoms with Crippen LogP contribution in [0.1, 0.15) is 24.1 Å². The van der Waals surface area contributed by atoms with Gasteiger partial charge in [0.2, 0.25) is 0 Å². The van der Waals surface area contributed by atoms with Gasteiger partial charge in [0.05, 0.1) is 6.20 Å². The van der Waals surface area contributed by atoms with Crippen LogP contribution in [0.15, 0.2) is 42.7 Å². The van der Waals surface area contributed by atoms with Gasteiger partial charge in [0.15, 0.2) is 0 Å². The summed E-state index contributed by atoms with van der Waals surface area (Å²) in [7, 11) is 1.91. The lowest BCUT2D eigenvalue weighted by Crippen LogP contribution is -2.31. The third-order valence-corrected chi connectivity index (χ3v) is 3.30. The Kier molecular flexibility index (Phi) is 4.71. The van der Waals surface area contributed by atoms with Gasteiger partial charge < -0.3 is 5.73 Å². The number of rotatable bonds is 6. The van der Waals surface area contributed by atoms with Crippen LogP contribution in [-0.2, 0) is 13.6 Å². The van der Waals surface area contributed by atoms with Crippen LogP contribution in [0.4, 0.5) is 0 Å². The van der Waals surface area contributed by atoms with E-state index in [4.69, 9.17) is 5.73 Å². The van der Waals surface area contributed by atoms with E-state index in [0.29, 0.717) is 0 Å². The van der Waals surface area contributed by atoms with Gasteiger partial charge in [0.25, 0.3) is 0 Å². The molecule has 0 fully saturated rings. The molecule has 0 saturated heterocycles. The molecule has 0 saturated carbocycles. The van der Waals surface area contributed by atoms with Crippen molar-refractivity contribution in [3.8, 4) is 0 Å². The number of nitrogens with two attached hydrogens (primary N) is 1. The SMILES string of the molecule is CCN(Cc1ccccc1)CC(N)c1cnn(C)c1. The van der Waals surface area contributed by atoms with Crippen molar-refractivity contribution >= 4 is 0 Å². The third kappa shape index (κ3) is 3.91. The smallest absolute Gasteiger partial charge is 0.0537 e. The van der Waals surface area contributed by atoms with Crippen molar-refractivity contribution < 1.29 is 0 Å². The average molecular weight is 258 g/mol. The molecule has 4 nitrogen and oxygen atoms in total. The summed E-state index contributed by atoms with van der Waals surface area (Å²) < 4.78 is 1.79. The minimum absolute atomic E-state index is 0.0114. The van der Waals surface area contributed by atoms with E-state index in [9.17, 15) is 0 Å². The minimum Gasteiger partial charge on any atom is -0.323 e. The van der Waals surface area contributed by atoms with E-state index in [0.717, 1.165) is 25.2 Å². The quantitative estimate of drug-likeness (QED) is 0.861. The molecule has 0 spiro atoms. The molecule has 1 heterocycles. The third-order valence-electron chi connectivity index (χ3n) is 3.30. The lowest BCUT2D eigenvalue weighted by atomic mass is 10.1. The van der Waals surface area contributed by atoms with E-state index < -0.39 is 0 Å². The highest BCUT2D eigenvalue weighted by Crippen LogP contribution is 2.12. The summed E-state index contributed by atoms with van der Waals surface area (Å²) in [5.41, 5.74) is 8.66. The highest BCUT2D eigenvalue weighted by atomic mass is 15.2. The van der Waals surface area contributed by atoms with Crippen molar-refractivity contribution in [2.45, 2.75) is 19.5 Å². The van der Waals surface area contributed by atoms with E-state index in [1.54, 1.807) is 4.68 Å². The fourth-order valence-corrected chi connectivity index (χ4v) is 2.16. The molecule has 0 aliphatic heterocycles. The fourth-order valence-electron chi connectivity index (χ4n) is 2.16. The maximum absolute atomic E-state index is 6.24. The summed E-state index contributed by atoms with van der Waals surface area (Å²) >= 11 is 0. The summed E-state index contributed by atoms with van der Waals surface area (Å²) in [6.45, 7) is 4.93. The molecule has 0 amide bonds. The first-order valence-electron chi connectivity index (χ1n) is 6.69. The van der Waals surface area contributed by atoms with E-state index in [2.05, 4.69) is 41.2 Å². The van der Waals surface area contributed by atoms with Gasteiger partial charge in [-0.15, -0.1) is 0 Å². The molecule has 1 aromatic carbocycles. The first kappa shape index (κ1) is 13.8. The molecule has 1 aromatic heterocycles. The van der Waals surface area contributed by atoms with Crippen LogP contribution in [-0.4, -0.2) is 27.8 Å². The molecule has 2 rings (SSSR count). The number of hydrogen-bond donors (Lipinski definition) is 1. The predicted octanol–water partition coefficient (Wildman–Crippen LogP) is 1.94. The Labute approximate surface area is 114 Å². The second kappa shape index (κ2) is 6.50. The number of hydrogen-bond acceptors (Lipinski definition) is 3. The van der Waals surface area contributed by atoms with Gasteiger partial charge in [0.1, 0.15) is 0 Å². The first-order chi connectivity index (χ1) is 9.19. The molecular weight excluding hydrogens is 236 g/mol. The molecule has 4 heteroatoms. The lowest BCUT2D eigenvalue weighted by Gasteiger charge is -2.23. The van der Waals surface area contributed by atoms with Crippen LogP contribution in [0, 0.1) is 0 Å². The largest absolute Gasteiger partial charge is 0.323 e. The average Bonchev–Trinajstić information content (AvgIpc) is 2.86. The number of nitrogens with zero attached hydrogens (tertiary/aromatic N) is 3. The van der Waals surface area contributed by atoms with E-state index in [1.165, 1.54) is 5.56 Å². The van der Waals surface area contributed by atoms with Crippen LogP contribution < -0.4 is 5.73 Å². The van der Waals surface area contributed by atoms with E-state index in [-0.39, 0.29) is 6.04 Å². The Hall–Kier alpha value is -1.65. The maximum atomic E-state index is 6.24. The van der Waals surface area contributed by atoms with Gasteiger partial charge in [-0.25, -0.2) is 0 Å². The molecular formula is C15H22N4. The standard InChI is InChI=1S/C15H22N4/c1-3-19(10-13-7-5-4-6-8-13)12-15(16)14-9-17-18(2)11-14/h4-9,11,15H,3,10,12,16H2,1-2H3. The summed E-state index contributed by atoms with van der Waals surface area (Å²) in [6, 6.07) is 10.5. The van der Waals surface area contributed by atoms with Crippen molar-refractivity contribution in [1.29, 1.82) is 0 Å². The Morgan fingerprint density at radius 3 is 2.63 bits per heavy atom. The van der Waals surface area contributed by atoms with Gasteiger partial charge in [-0.1, -0.05) is 37.3 Å². The molecule has 19 heavy (non-hydrogen) atoms. The zero-order valence-electron chi connectivity index (χ0n) is 11.7. The van der Waals surface area contributed by atoms with Gasteiger partial charge in [0, 0.05) is 37.9 Å². The monoisotopic (exact) mass is 258 g/mol. The molecule has 102 valence electrons. The molecule has 1 atom stereocenters. The summed E-state index contributed by atoms with van der Waals surface area (Å²) in [6.07, 6.45) is 3.84. The van der Waals surface area contributed by atoms with Gasteiger partial charge in [-0.2, -0.15) is 5.10 Å². The summed E-state index contributed by atoms with van der Waals surface area (Å²) in [5.74, 6) is 0. The molecule has 2 N–H and O–H groups in total. The van der Waals surface area contributed by atoms with Crippen LogP contribution in [0.25, 0.3) is 0 Å². The Morgan fingerprint density at radius 2 is 2.05 bits per heavy atom. The van der Waals surface area contributed by atoms with E-state index >= 15 is 0 Å². The molecule has 2 aromatic rings. The zero-order chi connectivity index (χ0) is 13.7. The van der Waals surface area contributed by atoms with Crippen LogP contribution in [0.3, 0.4) is 0 Å². The van der Waals surface area contributed by atoms with Crippen molar-refractivity contribution in [2.75, 3.05) is 13.1 Å². The topological polar surface area (TPSA) is 47.1 Å². The molecule has 0 bridgehead atoms. The van der Waals surface area contributed by atoms with E-state index in [1.807, 2.05) is 25.5 Å². The maximum Gasteiger partial charge on any atom is 0.0537 e. The second-order valence-corrected chi connectivity index (χ2v) is 4.87. The van der Waals surface area contributed by atoms with Gasteiger partial charge >= 0.3 is 0 Å². The van der Waals surface area contributed by atoms with Gasteiger partial charge in [-0.05, 0) is 12.1 Å². The zero-order valence-corrected chi connectivity index (χ0v) is 11.7. The number of benzene rings is 1. The Bertz CT molecular complexity index is 492. The highest BCUT2D eigenvalue weighted by Gasteiger charge is 2.12. The molecule has 0 aliphatic rings. The highest BCUT2D eigenvalue weighted by molar-refractivity contribution is 5.15. The normalized spacial score (nSPS) is 12.8. The van der Waals surface area contributed by atoms with Crippen molar-refractivity contribution in [3.05, 3.63) is 53.9 Å². The number of aryl methyl sites for hydroxylation is 1. The van der Waals surface area contributed by atoms with Crippen molar-refractivity contribution in [3.63, 3.8) is 0 Å². The Morgan fingerprint density at radius 1 is 1.32 bits per heavy atom. The predicted molar refractivity (Wildman–Crippen MR) is 77.5 cm³/mol.